The number of rotatable bonds is 7. The minimum Gasteiger partial charge on any atom is -0.456 e. The van der Waals surface area contributed by atoms with Crippen molar-refractivity contribution >= 4 is 84.5 Å². The molecule has 0 N–H and O–H groups in total. The zero-order valence-electron chi connectivity index (χ0n) is 43.2. The summed E-state index contributed by atoms with van der Waals surface area (Å²) in [5.74, 6) is 1.71. The van der Waals surface area contributed by atoms with Crippen LogP contribution in [-0.4, -0.2) is 6.71 Å². The molecule has 0 bridgehead atoms. The number of benzene rings is 10. The SMILES string of the molecule is CC1(C)c2cc(N(C3=CCC4=C5B(c6ccccc6N(c6ccccc6)C5=C3)c3ccccc3N4c3ccc(-c4cc5ccccc5o4)cc3)c3ccc(-c4cc5ccccc5o4)cc3)ccc2-c2c1ccc1ccccc21. The third kappa shape index (κ3) is 6.76. The van der Waals surface area contributed by atoms with E-state index in [1.165, 1.54) is 66.5 Å². The molecule has 0 saturated heterocycles. The Kier molecular flexibility index (Phi) is 9.77. The Morgan fingerprint density at radius 1 is 0.474 bits per heavy atom. The molecule has 2 aliphatic heterocycles. The van der Waals surface area contributed by atoms with E-state index in [-0.39, 0.29) is 12.1 Å². The summed E-state index contributed by atoms with van der Waals surface area (Å²) in [6.07, 6.45) is 5.60. The fourth-order valence-electron chi connectivity index (χ4n) is 13.3. The van der Waals surface area contributed by atoms with Gasteiger partial charge >= 0.3 is 0 Å². The van der Waals surface area contributed by atoms with Gasteiger partial charge in [0, 0.05) is 85.0 Å². The van der Waals surface area contributed by atoms with Crippen molar-refractivity contribution in [2.45, 2.75) is 25.7 Å². The van der Waals surface area contributed by atoms with Gasteiger partial charge in [0.05, 0.1) is 0 Å². The Bertz CT molecular complexity index is 4450. The third-order valence-corrected chi connectivity index (χ3v) is 16.9. The largest absolute Gasteiger partial charge is 0.456 e. The van der Waals surface area contributed by atoms with E-state index in [9.17, 15) is 0 Å². The van der Waals surface area contributed by atoms with Gasteiger partial charge in [-0.2, -0.15) is 0 Å². The normalized spacial score (nSPS) is 14.9. The van der Waals surface area contributed by atoms with Crippen molar-refractivity contribution in [1.82, 2.24) is 0 Å². The molecule has 16 rings (SSSR count). The summed E-state index contributed by atoms with van der Waals surface area (Å²) in [4.78, 5) is 7.52. The molecule has 0 spiro atoms. The van der Waals surface area contributed by atoms with Crippen LogP contribution in [0.3, 0.4) is 0 Å². The Hall–Kier alpha value is -9.78. The number of hydrogen-bond acceptors (Lipinski definition) is 5. The van der Waals surface area contributed by atoms with Crippen molar-refractivity contribution in [3.8, 4) is 33.8 Å². The molecule has 10 aromatic carbocycles. The van der Waals surface area contributed by atoms with Gasteiger partial charge in [0.15, 0.2) is 0 Å². The molecule has 368 valence electrons. The van der Waals surface area contributed by atoms with Gasteiger partial charge in [-0.15, -0.1) is 0 Å². The maximum absolute atomic E-state index is 6.45. The molecule has 2 aliphatic carbocycles. The zero-order valence-corrected chi connectivity index (χ0v) is 43.2. The highest BCUT2D eigenvalue weighted by Crippen LogP contribution is 2.54. The summed E-state index contributed by atoms with van der Waals surface area (Å²) in [5.41, 5.74) is 22.9. The minimum atomic E-state index is -0.241. The zero-order chi connectivity index (χ0) is 51.6. The van der Waals surface area contributed by atoms with Gasteiger partial charge in [0.2, 0.25) is 0 Å². The highest BCUT2D eigenvalue weighted by Gasteiger charge is 2.46. The van der Waals surface area contributed by atoms with Crippen molar-refractivity contribution in [3.63, 3.8) is 0 Å². The topological polar surface area (TPSA) is 36.0 Å². The number of hydrogen-bond donors (Lipinski definition) is 0. The number of para-hydroxylation sites is 5. The summed E-state index contributed by atoms with van der Waals surface area (Å²) >= 11 is 0. The van der Waals surface area contributed by atoms with Gasteiger partial charge < -0.3 is 23.5 Å². The summed E-state index contributed by atoms with van der Waals surface area (Å²) in [6, 6.07) is 88.3. The molecule has 0 saturated carbocycles. The van der Waals surface area contributed by atoms with E-state index in [0.29, 0.717) is 6.42 Å². The van der Waals surface area contributed by atoms with Crippen LogP contribution < -0.4 is 25.6 Å². The van der Waals surface area contributed by atoms with Crippen LogP contribution in [0.1, 0.15) is 31.4 Å². The Morgan fingerprint density at radius 2 is 1.04 bits per heavy atom. The van der Waals surface area contributed by atoms with Gasteiger partial charge in [-0.25, -0.2) is 0 Å². The first-order valence-electron chi connectivity index (χ1n) is 27.1. The summed E-state index contributed by atoms with van der Waals surface area (Å²) in [7, 11) is 0. The van der Waals surface area contributed by atoms with Gasteiger partial charge in [0.1, 0.15) is 22.7 Å². The number of anilines is 6. The Balaban J connectivity index is 0.913. The summed E-state index contributed by atoms with van der Waals surface area (Å²) in [6.45, 7) is 4.75. The predicted octanol–water partition coefficient (Wildman–Crippen LogP) is 17.7. The smallest absolute Gasteiger partial charge is 0.251 e. The molecule has 0 radical (unpaired) electrons. The molecule has 6 heteroatoms. The third-order valence-electron chi connectivity index (χ3n) is 16.9. The molecule has 4 aliphatic rings. The number of nitrogens with zero attached hydrogens (tertiary/aromatic N) is 3. The first kappa shape index (κ1) is 44.5. The average Bonchev–Trinajstić information content (AvgIpc) is 4.32. The number of fused-ring (bicyclic) bond motifs is 11. The van der Waals surface area contributed by atoms with Gasteiger partial charge in [-0.05, 0) is 165 Å². The highest BCUT2D eigenvalue weighted by atomic mass is 16.3. The first-order chi connectivity index (χ1) is 38.4. The van der Waals surface area contributed by atoms with Crippen LogP contribution in [0.15, 0.2) is 286 Å². The lowest BCUT2D eigenvalue weighted by Gasteiger charge is -2.45. The monoisotopic (exact) mass is 999 g/mol. The molecule has 0 amide bonds. The molecule has 5 nitrogen and oxygen atoms in total. The van der Waals surface area contributed by atoms with E-state index in [1.54, 1.807) is 0 Å². The molecule has 0 fully saturated rings. The molecule has 78 heavy (non-hydrogen) atoms. The predicted molar refractivity (Wildman–Crippen MR) is 323 cm³/mol. The summed E-state index contributed by atoms with van der Waals surface area (Å²) < 4.78 is 12.8. The van der Waals surface area contributed by atoms with Crippen LogP contribution >= 0.6 is 0 Å². The Labute approximate surface area is 453 Å². The van der Waals surface area contributed by atoms with E-state index < -0.39 is 0 Å². The molecule has 4 heterocycles. The van der Waals surface area contributed by atoms with E-state index in [4.69, 9.17) is 8.83 Å². The molecule has 2 aromatic heterocycles. The maximum atomic E-state index is 6.45. The van der Waals surface area contributed by atoms with Gasteiger partial charge in [0.25, 0.3) is 6.71 Å². The van der Waals surface area contributed by atoms with E-state index in [2.05, 4.69) is 259 Å². The molecule has 0 unspecified atom stereocenters. The van der Waals surface area contributed by atoms with Crippen molar-refractivity contribution in [2.75, 3.05) is 14.7 Å². The van der Waals surface area contributed by atoms with E-state index in [1.807, 2.05) is 24.3 Å². The minimum absolute atomic E-state index is 0.0249. The van der Waals surface area contributed by atoms with Gasteiger partial charge in [-0.3, -0.25) is 0 Å². The fourth-order valence-corrected chi connectivity index (χ4v) is 13.3. The van der Waals surface area contributed by atoms with Crippen LogP contribution in [0.5, 0.6) is 0 Å². The first-order valence-corrected chi connectivity index (χ1v) is 27.1. The quantitative estimate of drug-likeness (QED) is 0.149. The number of furan rings is 2. The van der Waals surface area contributed by atoms with Crippen LogP contribution in [0.4, 0.5) is 34.1 Å². The van der Waals surface area contributed by atoms with Crippen molar-refractivity contribution in [2.24, 2.45) is 0 Å². The summed E-state index contributed by atoms with van der Waals surface area (Å²) in [5, 5.41) is 4.74. The lowest BCUT2D eigenvalue weighted by molar-refractivity contribution is 0.631. The van der Waals surface area contributed by atoms with Crippen LogP contribution in [0, 0.1) is 0 Å². The Morgan fingerprint density at radius 3 is 1.72 bits per heavy atom. The van der Waals surface area contributed by atoms with Crippen LogP contribution in [0.25, 0.3) is 66.5 Å². The second-order valence-corrected chi connectivity index (χ2v) is 21.6. The molecular formula is C72H50BN3O2. The maximum Gasteiger partial charge on any atom is 0.251 e. The van der Waals surface area contributed by atoms with E-state index >= 15 is 0 Å². The van der Waals surface area contributed by atoms with Crippen LogP contribution in [0.2, 0.25) is 0 Å². The van der Waals surface area contributed by atoms with E-state index in [0.717, 1.165) is 78.7 Å². The van der Waals surface area contributed by atoms with Crippen molar-refractivity contribution < 1.29 is 8.83 Å². The lowest BCUT2D eigenvalue weighted by Crippen LogP contribution is -2.56. The molecule has 12 aromatic rings. The highest BCUT2D eigenvalue weighted by molar-refractivity contribution is 6.94. The standard InChI is InChI=1S/C72H50BN3O2/c1-72(2)58-40-32-46-16-6-9-21-56(46)70(58)57-39-37-54(44-59(57)72)74(52-33-28-47(29-34-52)68-42-49-17-7-14-26-66(49)77-68)55-38-41-64-71-65(45-55)76(51-19-4-3-5-20-51)63-25-13-11-23-61(63)73(71)60-22-10-12-24-62(60)75(64)53-35-30-48(31-36-53)69-43-50-18-8-15-27-67(50)78-69/h3-40,42-45H,41H2,1-2H3. The van der Waals surface area contributed by atoms with Crippen molar-refractivity contribution in [3.05, 3.63) is 288 Å². The second-order valence-electron chi connectivity index (χ2n) is 21.6. The fraction of sp³-hybridized carbons (Fsp3) is 0.0556. The second kappa shape index (κ2) is 17.1. The van der Waals surface area contributed by atoms with Gasteiger partial charge in [-0.1, -0.05) is 153 Å². The molecule has 0 atom stereocenters. The lowest BCUT2D eigenvalue weighted by atomic mass is 9.32. The van der Waals surface area contributed by atoms with Crippen LogP contribution in [-0.2, 0) is 5.41 Å². The molecular weight excluding hydrogens is 950 g/mol. The number of allylic oxidation sites excluding steroid dienone is 3. The van der Waals surface area contributed by atoms with Crippen molar-refractivity contribution in [1.29, 1.82) is 0 Å². The average molecular weight is 1000 g/mol.